The van der Waals surface area contributed by atoms with Crippen molar-refractivity contribution in [3.63, 3.8) is 0 Å². The minimum Gasteiger partial charge on any atom is -0.335 e. The number of likely N-dealkylation sites (N-methyl/N-ethyl adjacent to an activating group) is 1. The van der Waals surface area contributed by atoms with Crippen LogP contribution in [0.15, 0.2) is 6.33 Å². The highest BCUT2D eigenvalue weighted by molar-refractivity contribution is 5.22. The average molecular weight is 233 g/mol. The summed E-state index contributed by atoms with van der Waals surface area (Å²) in [4.78, 5) is 8.80. The van der Waals surface area contributed by atoms with Gasteiger partial charge in [-0.25, -0.2) is 4.98 Å². The zero-order valence-electron chi connectivity index (χ0n) is 10.7. The van der Waals surface area contributed by atoms with E-state index in [1.807, 2.05) is 18.5 Å². The predicted molar refractivity (Wildman–Crippen MR) is 65.4 cm³/mol. The number of nitrogens with zero attached hydrogens (tertiary/aromatic N) is 5. The lowest BCUT2D eigenvalue weighted by molar-refractivity contribution is 0.130. The van der Waals surface area contributed by atoms with Crippen LogP contribution in [0.2, 0.25) is 0 Å². The highest BCUT2D eigenvalue weighted by Crippen LogP contribution is 2.23. The Morgan fingerprint density at radius 2 is 1.94 bits per heavy atom. The second-order valence-electron chi connectivity index (χ2n) is 4.70. The summed E-state index contributed by atoms with van der Waals surface area (Å²) >= 11 is 0. The van der Waals surface area contributed by atoms with E-state index >= 15 is 0 Å². The van der Waals surface area contributed by atoms with E-state index in [2.05, 4.69) is 27.9 Å². The molecule has 0 bridgehead atoms. The van der Waals surface area contributed by atoms with Crippen molar-refractivity contribution in [2.45, 2.75) is 13.0 Å². The van der Waals surface area contributed by atoms with Gasteiger partial charge >= 0.3 is 0 Å². The largest absolute Gasteiger partial charge is 0.335 e. The average Bonchev–Trinajstić information content (AvgIpc) is 2.64. The smallest absolute Gasteiger partial charge is 0.140 e. The van der Waals surface area contributed by atoms with Gasteiger partial charge in [-0.1, -0.05) is 0 Å². The first kappa shape index (κ1) is 12.1. The summed E-state index contributed by atoms with van der Waals surface area (Å²) in [7, 11) is 4.07. The predicted octanol–water partition coefficient (Wildman–Crippen LogP) is 0.541. The first-order valence-corrected chi connectivity index (χ1v) is 5.93. The molecule has 0 amide bonds. The van der Waals surface area contributed by atoms with Gasteiger partial charge in [-0.15, -0.1) is 0 Å². The molecule has 1 unspecified atom stereocenters. The molecule has 0 saturated carbocycles. The van der Waals surface area contributed by atoms with Gasteiger partial charge < -0.3 is 9.47 Å². The number of hydrogen-bond acceptors (Lipinski definition) is 4. The summed E-state index contributed by atoms with van der Waals surface area (Å²) in [5.74, 6) is 0. The van der Waals surface area contributed by atoms with Crippen LogP contribution in [-0.4, -0.2) is 52.6 Å². The third-order valence-electron chi connectivity index (χ3n) is 3.46. The summed E-state index contributed by atoms with van der Waals surface area (Å²) in [6.45, 7) is 5.90. The van der Waals surface area contributed by atoms with E-state index in [9.17, 15) is 5.26 Å². The number of rotatable bonds is 2. The van der Waals surface area contributed by atoms with E-state index in [-0.39, 0.29) is 6.04 Å². The van der Waals surface area contributed by atoms with Gasteiger partial charge in [-0.2, -0.15) is 5.26 Å². The van der Waals surface area contributed by atoms with Crippen molar-refractivity contribution in [2.75, 3.05) is 33.2 Å². The number of nitriles is 1. The summed E-state index contributed by atoms with van der Waals surface area (Å²) in [6, 6.07) is 2.25. The molecule has 0 aliphatic carbocycles. The van der Waals surface area contributed by atoms with Crippen LogP contribution in [0.5, 0.6) is 0 Å². The van der Waals surface area contributed by atoms with Gasteiger partial charge in [-0.3, -0.25) is 4.90 Å². The minimum absolute atomic E-state index is 0.170. The fourth-order valence-electron chi connectivity index (χ4n) is 2.34. The van der Waals surface area contributed by atoms with Crippen molar-refractivity contribution < 1.29 is 0 Å². The maximum absolute atomic E-state index is 9.42. The molecular weight excluding hydrogens is 214 g/mol. The van der Waals surface area contributed by atoms with Crippen molar-refractivity contribution in [1.82, 2.24) is 19.4 Å². The highest BCUT2D eigenvalue weighted by atomic mass is 15.3. The Hall–Kier alpha value is -1.38. The van der Waals surface area contributed by atoms with Crippen LogP contribution in [0.4, 0.5) is 0 Å². The maximum atomic E-state index is 9.42. The van der Waals surface area contributed by atoms with Crippen molar-refractivity contribution in [2.24, 2.45) is 7.05 Å². The van der Waals surface area contributed by atoms with Crippen LogP contribution in [-0.2, 0) is 7.05 Å². The lowest BCUT2D eigenvalue weighted by Gasteiger charge is -2.35. The van der Waals surface area contributed by atoms with E-state index in [4.69, 9.17) is 0 Å². The second kappa shape index (κ2) is 4.86. The van der Waals surface area contributed by atoms with Crippen molar-refractivity contribution in [3.05, 3.63) is 17.7 Å². The molecule has 1 aromatic heterocycles. The summed E-state index contributed by atoms with van der Waals surface area (Å²) in [6.07, 6.45) is 1.78. The summed E-state index contributed by atoms with van der Waals surface area (Å²) in [5, 5.41) is 9.42. The molecule has 0 aromatic carbocycles. The molecule has 1 saturated heterocycles. The molecule has 5 nitrogen and oxygen atoms in total. The first-order chi connectivity index (χ1) is 8.13. The molecule has 1 aliphatic heterocycles. The number of piperazine rings is 1. The third kappa shape index (κ3) is 2.33. The van der Waals surface area contributed by atoms with Gasteiger partial charge in [0, 0.05) is 33.2 Å². The van der Waals surface area contributed by atoms with Gasteiger partial charge in [-0.05, 0) is 14.0 Å². The maximum Gasteiger partial charge on any atom is 0.140 e. The first-order valence-electron chi connectivity index (χ1n) is 5.93. The van der Waals surface area contributed by atoms with Crippen molar-refractivity contribution in [1.29, 1.82) is 5.26 Å². The van der Waals surface area contributed by atoms with Crippen LogP contribution >= 0.6 is 0 Å². The zero-order valence-corrected chi connectivity index (χ0v) is 10.7. The van der Waals surface area contributed by atoms with Gasteiger partial charge in [0.25, 0.3) is 0 Å². The van der Waals surface area contributed by atoms with E-state index in [1.54, 1.807) is 6.33 Å². The molecule has 5 heteroatoms. The SMILES string of the molecule is Cc1ncn(C)c1C(C#N)N1CCN(C)CC1. The fraction of sp³-hybridized carbons (Fsp3) is 0.667. The number of hydrogen-bond donors (Lipinski definition) is 0. The molecule has 2 heterocycles. The second-order valence-corrected chi connectivity index (χ2v) is 4.70. The quantitative estimate of drug-likeness (QED) is 0.748. The topological polar surface area (TPSA) is 48.1 Å². The number of imidazole rings is 1. The van der Waals surface area contributed by atoms with Crippen LogP contribution in [0.25, 0.3) is 0 Å². The van der Waals surface area contributed by atoms with Crippen molar-refractivity contribution in [3.8, 4) is 6.07 Å². The summed E-state index contributed by atoms with van der Waals surface area (Å²) in [5.41, 5.74) is 1.98. The van der Waals surface area contributed by atoms with Crippen LogP contribution in [0.3, 0.4) is 0 Å². The minimum atomic E-state index is -0.170. The zero-order chi connectivity index (χ0) is 12.4. The van der Waals surface area contributed by atoms with Gasteiger partial charge in [0.05, 0.1) is 23.8 Å². The Morgan fingerprint density at radius 1 is 1.29 bits per heavy atom. The molecule has 1 atom stereocenters. The molecule has 92 valence electrons. The van der Waals surface area contributed by atoms with E-state index in [0.717, 1.165) is 37.6 Å². The van der Waals surface area contributed by atoms with E-state index < -0.39 is 0 Å². The van der Waals surface area contributed by atoms with Crippen LogP contribution in [0, 0.1) is 18.3 Å². The Morgan fingerprint density at radius 3 is 2.41 bits per heavy atom. The standard InChI is InChI=1S/C12H19N5/c1-10-12(16(3)9-14-10)11(8-13)17-6-4-15(2)5-7-17/h9,11H,4-7H2,1-3H3. The number of aryl methyl sites for hydroxylation is 2. The molecule has 0 radical (unpaired) electrons. The van der Waals surface area contributed by atoms with Crippen LogP contribution in [0.1, 0.15) is 17.4 Å². The molecule has 1 aliphatic rings. The Bertz CT molecular complexity index is 403. The lowest BCUT2D eigenvalue weighted by Crippen LogP contribution is -2.46. The Labute approximate surface area is 102 Å². The van der Waals surface area contributed by atoms with Gasteiger partial charge in [0.2, 0.25) is 0 Å². The van der Waals surface area contributed by atoms with Crippen molar-refractivity contribution >= 4 is 0 Å². The number of aromatic nitrogens is 2. The lowest BCUT2D eigenvalue weighted by atomic mass is 10.1. The summed E-state index contributed by atoms with van der Waals surface area (Å²) < 4.78 is 1.96. The Kier molecular flexibility index (Phi) is 3.46. The molecule has 17 heavy (non-hydrogen) atoms. The fourth-order valence-corrected chi connectivity index (χ4v) is 2.34. The highest BCUT2D eigenvalue weighted by Gasteiger charge is 2.27. The monoisotopic (exact) mass is 233 g/mol. The molecule has 0 spiro atoms. The normalized spacial score (nSPS) is 20.1. The van der Waals surface area contributed by atoms with Gasteiger partial charge in [0.1, 0.15) is 6.04 Å². The van der Waals surface area contributed by atoms with E-state index in [1.165, 1.54) is 0 Å². The molecule has 1 aromatic rings. The van der Waals surface area contributed by atoms with Crippen LogP contribution < -0.4 is 0 Å². The van der Waals surface area contributed by atoms with Gasteiger partial charge in [0.15, 0.2) is 0 Å². The molecule has 1 fully saturated rings. The Balaban J connectivity index is 2.20. The molecule has 2 rings (SSSR count). The third-order valence-corrected chi connectivity index (χ3v) is 3.46. The van der Waals surface area contributed by atoms with E-state index in [0.29, 0.717) is 0 Å². The molecule has 0 N–H and O–H groups in total. The molecular formula is C12H19N5.